The molecule has 0 radical (unpaired) electrons. The number of rotatable bonds is 5. The summed E-state index contributed by atoms with van der Waals surface area (Å²) in [5.74, 6) is 1.85. The van der Waals surface area contributed by atoms with E-state index in [4.69, 9.17) is 9.47 Å². The number of methoxy groups -OCH3 is 2. The van der Waals surface area contributed by atoms with Gasteiger partial charge >= 0.3 is 0 Å². The van der Waals surface area contributed by atoms with Crippen LogP contribution in [0.3, 0.4) is 0 Å². The molecule has 0 fully saturated rings. The van der Waals surface area contributed by atoms with Crippen molar-refractivity contribution >= 4 is 12.4 Å². The molecule has 1 aromatic rings. The zero-order chi connectivity index (χ0) is 12.1. The summed E-state index contributed by atoms with van der Waals surface area (Å²) in [5.41, 5.74) is 2.27. The fraction of sp³-hybridized carbons (Fsp3) is 0.538. The van der Waals surface area contributed by atoms with Gasteiger partial charge in [-0.15, -0.1) is 12.4 Å². The molecule has 0 bridgehead atoms. The van der Waals surface area contributed by atoms with Crippen molar-refractivity contribution in [2.45, 2.75) is 26.3 Å². The molecular weight excluding hydrogens is 238 g/mol. The van der Waals surface area contributed by atoms with Crippen LogP contribution in [0.25, 0.3) is 0 Å². The Labute approximate surface area is 110 Å². The van der Waals surface area contributed by atoms with E-state index < -0.39 is 0 Å². The van der Waals surface area contributed by atoms with E-state index in [0.717, 1.165) is 23.5 Å². The Morgan fingerprint density at radius 3 is 2.24 bits per heavy atom. The van der Waals surface area contributed by atoms with Crippen LogP contribution in [0.1, 0.15) is 18.1 Å². The standard InChI is InChI=1S/C13H21NO2.ClH/c1-9-6-13(16-5)11(7-10(2)14-3)8-12(9)15-4;/h6,8,10,14H,7H2,1-5H3;1H. The Hall–Kier alpha value is -0.930. The van der Waals surface area contributed by atoms with Crippen LogP contribution < -0.4 is 14.8 Å². The van der Waals surface area contributed by atoms with Gasteiger partial charge in [0, 0.05) is 6.04 Å². The maximum atomic E-state index is 5.39. The number of hydrogen-bond donors (Lipinski definition) is 1. The number of benzene rings is 1. The van der Waals surface area contributed by atoms with Crippen LogP contribution >= 0.6 is 12.4 Å². The molecule has 1 unspecified atom stereocenters. The fourth-order valence-electron chi connectivity index (χ4n) is 1.71. The number of ether oxygens (including phenoxy) is 2. The Morgan fingerprint density at radius 2 is 1.76 bits per heavy atom. The van der Waals surface area contributed by atoms with Gasteiger partial charge < -0.3 is 14.8 Å². The molecule has 0 aliphatic rings. The second-order valence-electron chi connectivity index (χ2n) is 4.03. The van der Waals surface area contributed by atoms with Gasteiger partial charge in [-0.05, 0) is 50.6 Å². The van der Waals surface area contributed by atoms with Gasteiger partial charge in [0.15, 0.2) is 0 Å². The van der Waals surface area contributed by atoms with Crippen LogP contribution in [-0.2, 0) is 6.42 Å². The predicted molar refractivity (Wildman–Crippen MR) is 73.8 cm³/mol. The minimum Gasteiger partial charge on any atom is -0.496 e. The summed E-state index contributed by atoms with van der Waals surface area (Å²) in [4.78, 5) is 0. The summed E-state index contributed by atoms with van der Waals surface area (Å²) in [6, 6.07) is 4.50. The largest absolute Gasteiger partial charge is 0.496 e. The molecule has 1 aromatic carbocycles. The highest BCUT2D eigenvalue weighted by Crippen LogP contribution is 2.28. The molecule has 0 heterocycles. The van der Waals surface area contributed by atoms with E-state index in [0.29, 0.717) is 6.04 Å². The minimum absolute atomic E-state index is 0. The average molecular weight is 260 g/mol. The van der Waals surface area contributed by atoms with Gasteiger partial charge in [0.2, 0.25) is 0 Å². The third kappa shape index (κ3) is 4.10. The van der Waals surface area contributed by atoms with E-state index >= 15 is 0 Å². The number of halogens is 1. The van der Waals surface area contributed by atoms with Crippen LogP contribution in [-0.4, -0.2) is 27.3 Å². The van der Waals surface area contributed by atoms with Crippen molar-refractivity contribution in [2.24, 2.45) is 0 Å². The molecule has 0 amide bonds. The van der Waals surface area contributed by atoms with E-state index in [1.807, 2.05) is 20.0 Å². The number of nitrogens with one attached hydrogen (secondary N) is 1. The van der Waals surface area contributed by atoms with E-state index in [2.05, 4.69) is 18.3 Å². The predicted octanol–water partition coefficient (Wildman–Crippen LogP) is 2.58. The summed E-state index contributed by atoms with van der Waals surface area (Å²) >= 11 is 0. The van der Waals surface area contributed by atoms with Crippen molar-refractivity contribution < 1.29 is 9.47 Å². The normalized spacial score (nSPS) is 11.6. The minimum atomic E-state index is 0. The number of hydrogen-bond acceptors (Lipinski definition) is 3. The van der Waals surface area contributed by atoms with Crippen molar-refractivity contribution in [3.05, 3.63) is 23.3 Å². The van der Waals surface area contributed by atoms with Crippen molar-refractivity contribution in [1.29, 1.82) is 0 Å². The molecule has 0 aliphatic carbocycles. The zero-order valence-corrected chi connectivity index (χ0v) is 12.0. The first-order valence-electron chi connectivity index (χ1n) is 5.51. The van der Waals surface area contributed by atoms with Crippen molar-refractivity contribution in [3.8, 4) is 11.5 Å². The first-order valence-corrected chi connectivity index (χ1v) is 5.51. The molecule has 3 nitrogen and oxygen atoms in total. The summed E-state index contributed by atoms with van der Waals surface area (Å²) < 4.78 is 10.7. The lowest BCUT2D eigenvalue weighted by atomic mass is 10.0. The van der Waals surface area contributed by atoms with Crippen LogP contribution in [0.15, 0.2) is 12.1 Å². The Morgan fingerprint density at radius 1 is 1.18 bits per heavy atom. The second kappa shape index (κ2) is 7.41. The second-order valence-corrected chi connectivity index (χ2v) is 4.03. The maximum Gasteiger partial charge on any atom is 0.122 e. The van der Waals surface area contributed by atoms with E-state index in [9.17, 15) is 0 Å². The summed E-state index contributed by atoms with van der Waals surface area (Å²) in [6.07, 6.45) is 0.927. The molecule has 1 N–H and O–H groups in total. The number of likely N-dealkylation sites (N-methyl/N-ethyl adjacent to an activating group) is 1. The van der Waals surface area contributed by atoms with Gasteiger partial charge in [-0.2, -0.15) is 0 Å². The highest BCUT2D eigenvalue weighted by atomic mass is 35.5. The van der Waals surface area contributed by atoms with Crippen molar-refractivity contribution in [1.82, 2.24) is 5.32 Å². The monoisotopic (exact) mass is 259 g/mol. The Bertz CT molecular complexity index is 356. The maximum absolute atomic E-state index is 5.39. The Balaban J connectivity index is 0.00000256. The van der Waals surface area contributed by atoms with E-state index in [-0.39, 0.29) is 12.4 Å². The topological polar surface area (TPSA) is 30.5 Å². The first kappa shape index (κ1) is 16.1. The first-order chi connectivity index (χ1) is 7.62. The van der Waals surface area contributed by atoms with E-state index in [1.54, 1.807) is 14.2 Å². The lowest BCUT2D eigenvalue weighted by molar-refractivity contribution is 0.394. The average Bonchev–Trinajstić information content (AvgIpc) is 2.30. The van der Waals surface area contributed by atoms with Gasteiger partial charge in [-0.1, -0.05) is 0 Å². The van der Waals surface area contributed by atoms with Crippen LogP contribution in [0.5, 0.6) is 11.5 Å². The van der Waals surface area contributed by atoms with Gasteiger partial charge in [-0.3, -0.25) is 0 Å². The molecule has 0 spiro atoms. The zero-order valence-electron chi connectivity index (χ0n) is 11.2. The Kier molecular flexibility index (Phi) is 7.00. The molecule has 0 saturated heterocycles. The molecule has 0 aliphatic heterocycles. The van der Waals surface area contributed by atoms with Crippen LogP contribution in [0.4, 0.5) is 0 Å². The molecule has 0 aromatic heterocycles. The third-order valence-corrected chi connectivity index (χ3v) is 2.82. The van der Waals surface area contributed by atoms with Crippen LogP contribution in [0.2, 0.25) is 0 Å². The molecule has 1 rings (SSSR count). The van der Waals surface area contributed by atoms with Crippen LogP contribution in [0, 0.1) is 6.92 Å². The quantitative estimate of drug-likeness (QED) is 0.882. The SMILES string of the molecule is CNC(C)Cc1cc(OC)c(C)cc1OC.Cl. The molecule has 1 atom stereocenters. The molecular formula is C13H22ClNO2. The lowest BCUT2D eigenvalue weighted by Gasteiger charge is -2.16. The summed E-state index contributed by atoms with van der Waals surface area (Å²) in [6.45, 7) is 4.17. The molecule has 4 heteroatoms. The highest BCUT2D eigenvalue weighted by Gasteiger charge is 2.10. The fourth-order valence-corrected chi connectivity index (χ4v) is 1.71. The van der Waals surface area contributed by atoms with Gasteiger partial charge in [0.05, 0.1) is 14.2 Å². The van der Waals surface area contributed by atoms with E-state index in [1.165, 1.54) is 5.56 Å². The van der Waals surface area contributed by atoms with Gasteiger partial charge in [-0.25, -0.2) is 0 Å². The summed E-state index contributed by atoms with van der Waals surface area (Å²) in [7, 11) is 5.36. The number of aryl methyl sites for hydroxylation is 1. The summed E-state index contributed by atoms with van der Waals surface area (Å²) in [5, 5.41) is 3.22. The third-order valence-electron chi connectivity index (χ3n) is 2.82. The molecule has 98 valence electrons. The highest BCUT2D eigenvalue weighted by molar-refractivity contribution is 5.85. The van der Waals surface area contributed by atoms with Gasteiger partial charge in [0.25, 0.3) is 0 Å². The van der Waals surface area contributed by atoms with Gasteiger partial charge in [0.1, 0.15) is 11.5 Å². The van der Waals surface area contributed by atoms with Crippen molar-refractivity contribution in [3.63, 3.8) is 0 Å². The molecule has 17 heavy (non-hydrogen) atoms. The van der Waals surface area contributed by atoms with Crippen molar-refractivity contribution in [2.75, 3.05) is 21.3 Å². The smallest absolute Gasteiger partial charge is 0.122 e. The lowest BCUT2D eigenvalue weighted by Crippen LogP contribution is -2.23. The molecule has 0 saturated carbocycles.